The number of carboxylic acid groups (broad SMARTS) is 1. The van der Waals surface area contributed by atoms with Gasteiger partial charge in [0, 0.05) is 19.6 Å². The Labute approximate surface area is 115 Å². The van der Waals surface area contributed by atoms with Crippen LogP contribution in [0.3, 0.4) is 0 Å². The van der Waals surface area contributed by atoms with Crippen LogP contribution in [0.4, 0.5) is 0 Å². The molecule has 2 N–H and O–H groups in total. The van der Waals surface area contributed by atoms with Crippen LogP contribution in [0.5, 0.6) is 0 Å². The quantitative estimate of drug-likeness (QED) is 0.667. The van der Waals surface area contributed by atoms with Gasteiger partial charge in [-0.05, 0) is 24.2 Å². The van der Waals surface area contributed by atoms with E-state index in [1.54, 1.807) is 0 Å². The predicted molar refractivity (Wildman–Crippen MR) is 77.3 cm³/mol. The zero-order valence-corrected chi connectivity index (χ0v) is 11.9. The van der Waals surface area contributed by atoms with Gasteiger partial charge in [0.2, 0.25) is 0 Å². The van der Waals surface area contributed by atoms with Gasteiger partial charge in [0.05, 0.1) is 6.42 Å². The minimum absolute atomic E-state index is 0.0912. The van der Waals surface area contributed by atoms with E-state index >= 15 is 0 Å². The molecule has 0 aromatic heterocycles. The van der Waals surface area contributed by atoms with Crippen LogP contribution in [-0.2, 0) is 17.8 Å². The lowest BCUT2D eigenvalue weighted by atomic mass is 10.0. The molecule has 1 aromatic rings. The number of hydrogen-bond acceptors (Lipinski definition) is 3. The van der Waals surface area contributed by atoms with Crippen molar-refractivity contribution in [1.82, 2.24) is 10.2 Å². The van der Waals surface area contributed by atoms with Gasteiger partial charge in [-0.25, -0.2) is 0 Å². The van der Waals surface area contributed by atoms with Gasteiger partial charge in [0.15, 0.2) is 0 Å². The lowest BCUT2D eigenvalue weighted by molar-refractivity contribution is -0.136. The van der Waals surface area contributed by atoms with Gasteiger partial charge >= 0.3 is 5.97 Å². The molecule has 1 aromatic carbocycles. The predicted octanol–water partition coefficient (Wildman–Crippen LogP) is 1.75. The molecule has 106 valence electrons. The Morgan fingerprint density at radius 3 is 2.42 bits per heavy atom. The normalized spacial score (nSPS) is 10.9. The summed E-state index contributed by atoms with van der Waals surface area (Å²) in [5.74, 6) is -0.782. The zero-order valence-electron chi connectivity index (χ0n) is 11.9. The first-order valence-corrected chi connectivity index (χ1v) is 6.89. The highest BCUT2D eigenvalue weighted by Gasteiger charge is 2.06. The Morgan fingerprint density at radius 1 is 1.21 bits per heavy atom. The summed E-state index contributed by atoms with van der Waals surface area (Å²) >= 11 is 0. The first-order valence-electron chi connectivity index (χ1n) is 6.89. The molecule has 0 atom stereocenters. The van der Waals surface area contributed by atoms with Crippen molar-refractivity contribution >= 4 is 5.97 Å². The Hall–Kier alpha value is -1.39. The third kappa shape index (κ3) is 5.85. The third-order valence-electron chi connectivity index (χ3n) is 3.27. The number of benzene rings is 1. The van der Waals surface area contributed by atoms with Gasteiger partial charge in [-0.15, -0.1) is 0 Å². The van der Waals surface area contributed by atoms with E-state index in [-0.39, 0.29) is 6.42 Å². The van der Waals surface area contributed by atoms with Gasteiger partial charge in [0.25, 0.3) is 0 Å². The standard InChI is InChI=1S/C15H24N2O2/c1-3-17(4-2)10-9-16-12-14-8-6-5-7-13(14)11-15(18)19/h5-8,16H,3-4,9-12H2,1-2H3,(H,18,19). The van der Waals surface area contributed by atoms with E-state index < -0.39 is 5.97 Å². The van der Waals surface area contributed by atoms with Crippen molar-refractivity contribution in [2.24, 2.45) is 0 Å². The molecule has 0 saturated carbocycles. The SMILES string of the molecule is CCN(CC)CCNCc1ccccc1CC(=O)O. The summed E-state index contributed by atoms with van der Waals surface area (Å²) in [6.07, 6.45) is 0.0912. The lowest BCUT2D eigenvalue weighted by Crippen LogP contribution is -2.31. The molecule has 19 heavy (non-hydrogen) atoms. The highest BCUT2D eigenvalue weighted by Crippen LogP contribution is 2.09. The van der Waals surface area contributed by atoms with Crippen LogP contribution in [-0.4, -0.2) is 42.2 Å². The highest BCUT2D eigenvalue weighted by atomic mass is 16.4. The highest BCUT2D eigenvalue weighted by molar-refractivity contribution is 5.70. The fraction of sp³-hybridized carbons (Fsp3) is 0.533. The first kappa shape index (κ1) is 15.7. The van der Waals surface area contributed by atoms with E-state index in [1.807, 2.05) is 24.3 Å². The van der Waals surface area contributed by atoms with Crippen LogP contribution < -0.4 is 5.32 Å². The second kappa shape index (κ2) is 8.67. The van der Waals surface area contributed by atoms with Crippen molar-refractivity contribution in [3.05, 3.63) is 35.4 Å². The second-order valence-corrected chi connectivity index (χ2v) is 4.54. The molecule has 0 aliphatic rings. The van der Waals surface area contributed by atoms with Crippen molar-refractivity contribution in [3.63, 3.8) is 0 Å². The molecule has 0 aliphatic heterocycles. The average molecular weight is 264 g/mol. The van der Waals surface area contributed by atoms with Crippen LogP contribution in [0.25, 0.3) is 0 Å². The maximum atomic E-state index is 10.8. The maximum Gasteiger partial charge on any atom is 0.307 e. The number of likely N-dealkylation sites (N-methyl/N-ethyl adjacent to an activating group) is 1. The van der Waals surface area contributed by atoms with Crippen molar-refractivity contribution in [2.75, 3.05) is 26.2 Å². The minimum Gasteiger partial charge on any atom is -0.481 e. The fourth-order valence-electron chi connectivity index (χ4n) is 2.07. The molecule has 4 nitrogen and oxygen atoms in total. The molecule has 0 radical (unpaired) electrons. The van der Waals surface area contributed by atoms with E-state index in [2.05, 4.69) is 24.1 Å². The monoisotopic (exact) mass is 264 g/mol. The summed E-state index contributed by atoms with van der Waals surface area (Å²) in [7, 11) is 0. The van der Waals surface area contributed by atoms with Crippen molar-refractivity contribution in [2.45, 2.75) is 26.8 Å². The minimum atomic E-state index is -0.782. The van der Waals surface area contributed by atoms with Gasteiger partial charge in [-0.2, -0.15) is 0 Å². The summed E-state index contributed by atoms with van der Waals surface area (Å²) in [6.45, 7) is 9.11. The maximum absolute atomic E-state index is 10.8. The van der Waals surface area contributed by atoms with Crippen molar-refractivity contribution < 1.29 is 9.90 Å². The summed E-state index contributed by atoms with van der Waals surface area (Å²) in [6, 6.07) is 7.71. The smallest absolute Gasteiger partial charge is 0.307 e. The molecule has 0 aliphatic carbocycles. The molecule has 0 unspecified atom stereocenters. The van der Waals surface area contributed by atoms with Crippen molar-refractivity contribution in [1.29, 1.82) is 0 Å². The Kier molecular flexibility index (Phi) is 7.15. The summed E-state index contributed by atoms with van der Waals surface area (Å²) in [4.78, 5) is 13.1. The van der Waals surface area contributed by atoms with E-state index in [0.717, 1.165) is 43.9 Å². The lowest BCUT2D eigenvalue weighted by Gasteiger charge is -2.18. The van der Waals surface area contributed by atoms with E-state index in [1.165, 1.54) is 0 Å². The number of carboxylic acids is 1. The van der Waals surface area contributed by atoms with Gasteiger partial charge < -0.3 is 15.3 Å². The van der Waals surface area contributed by atoms with Crippen LogP contribution in [0, 0.1) is 0 Å². The number of carbonyl (C=O) groups is 1. The molecule has 1 rings (SSSR count). The summed E-state index contributed by atoms with van der Waals surface area (Å²) < 4.78 is 0. The van der Waals surface area contributed by atoms with Gasteiger partial charge in [0.1, 0.15) is 0 Å². The largest absolute Gasteiger partial charge is 0.481 e. The molecule has 4 heteroatoms. The average Bonchev–Trinajstić information content (AvgIpc) is 2.40. The molecule has 0 fully saturated rings. The fourth-order valence-corrected chi connectivity index (χ4v) is 2.07. The number of nitrogens with zero attached hydrogens (tertiary/aromatic N) is 1. The number of aliphatic carboxylic acids is 1. The second-order valence-electron chi connectivity index (χ2n) is 4.54. The summed E-state index contributed by atoms with van der Waals surface area (Å²) in [5, 5.41) is 12.3. The van der Waals surface area contributed by atoms with E-state index in [4.69, 9.17) is 5.11 Å². The molecule has 0 heterocycles. The Morgan fingerprint density at radius 2 is 1.84 bits per heavy atom. The molecule has 0 saturated heterocycles. The zero-order chi connectivity index (χ0) is 14.1. The first-order chi connectivity index (χ1) is 9.17. The van der Waals surface area contributed by atoms with Crippen LogP contribution in [0.15, 0.2) is 24.3 Å². The number of nitrogens with one attached hydrogen (secondary N) is 1. The van der Waals surface area contributed by atoms with Crippen molar-refractivity contribution in [3.8, 4) is 0 Å². The third-order valence-corrected chi connectivity index (χ3v) is 3.27. The molecule has 0 spiro atoms. The number of rotatable bonds is 9. The van der Waals surface area contributed by atoms with Gasteiger partial charge in [-0.1, -0.05) is 38.1 Å². The van der Waals surface area contributed by atoms with Crippen LogP contribution >= 0.6 is 0 Å². The van der Waals surface area contributed by atoms with Crippen LogP contribution in [0.2, 0.25) is 0 Å². The molecule has 0 amide bonds. The number of hydrogen-bond donors (Lipinski definition) is 2. The van der Waals surface area contributed by atoms with Crippen LogP contribution in [0.1, 0.15) is 25.0 Å². The Balaban J connectivity index is 2.42. The topological polar surface area (TPSA) is 52.6 Å². The van der Waals surface area contributed by atoms with E-state index in [0.29, 0.717) is 0 Å². The molecule has 0 bridgehead atoms. The molecular weight excluding hydrogens is 240 g/mol. The molecular formula is C15H24N2O2. The van der Waals surface area contributed by atoms with Gasteiger partial charge in [-0.3, -0.25) is 4.79 Å². The summed E-state index contributed by atoms with van der Waals surface area (Å²) in [5.41, 5.74) is 1.97. The van der Waals surface area contributed by atoms with E-state index in [9.17, 15) is 4.79 Å². The Bertz CT molecular complexity index is 389.